The van der Waals surface area contributed by atoms with Crippen LogP contribution < -0.4 is 0 Å². The summed E-state index contributed by atoms with van der Waals surface area (Å²) in [5, 5.41) is 0. The van der Waals surface area contributed by atoms with E-state index in [0.717, 1.165) is 5.56 Å². The molecule has 1 amide bonds. The van der Waals surface area contributed by atoms with Crippen molar-refractivity contribution in [2.75, 3.05) is 13.1 Å². The molecule has 0 radical (unpaired) electrons. The largest absolute Gasteiger partial charge is 0.339 e. The van der Waals surface area contributed by atoms with E-state index in [4.69, 9.17) is 0 Å². The highest BCUT2D eigenvalue weighted by atomic mass is 16.2. The Kier molecular flexibility index (Phi) is 4.23. The summed E-state index contributed by atoms with van der Waals surface area (Å²) in [6.07, 6.45) is 3.07. The zero-order valence-corrected chi connectivity index (χ0v) is 11.2. The van der Waals surface area contributed by atoms with Gasteiger partial charge in [0.25, 0.3) is 5.91 Å². The third-order valence-corrected chi connectivity index (χ3v) is 3.04. The van der Waals surface area contributed by atoms with Crippen molar-refractivity contribution < 1.29 is 4.79 Å². The second-order valence-corrected chi connectivity index (χ2v) is 4.13. The maximum atomic E-state index is 12.4. The van der Waals surface area contributed by atoms with Gasteiger partial charge in [-0.2, -0.15) is 0 Å². The number of nitrogens with zero attached hydrogens (tertiary/aromatic N) is 3. The monoisotopic (exact) mass is 255 g/mol. The van der Waals surface area contributed by atoms with Crippen LogP contribution in [-0.4, -0.2) is 33.9 Å². The van der Waals surface area contributed by atoms with E-state index in [0.29, 0.717) is 24.3 Å². The molecule has 4 nitrogen and oxygen atoms in total. The fraction of sp³-hybridized carbons (Fsp3) is 0.267. The number of carbonyl (C=O) groups is 1. The Labute approximate surface area is 113 Å². The highest BCUT2D eigenvalue weighted by Gasteiger charge is 2.18. The van der Waals surface area contributed by atoms with Gasteiger partial charge in [-0.05, 0) is 13.8 Å². The molecule has 0 bridgehead atoms. The van der Waals surface area contributed by atoms with Crippen molar-refractivity contribution >= 4 is 5.91 Å². The van der Waals surface area contributed by atoms with E-state index < -0.39 is 0 Å². The van der Waals surface area contributed by atoms with Gasteiger partial charge in [-0.15, -0.1) is 0 Å². The van der Waals surface area contributed by atoms with E-state index in [9.17, 15) is 4.79 Å². The normalized spacial score (nSPS) is 10.2. The maximum Gasteiger partial charge on any atom is 0.257 e. The summed E-state index contributed by atoms with van der Waals surface area (Å²) in [6, 6.07) is 9.70. The highest BCUT2D eigenvalue weighted by Crippen LogP contribution is 2.21. The second-order valence-electron chi connectivity index (χ2n) is 4.13. The first-order chi connectivity index (χ1) is 9.27. The van der Waals surface area contributed by atoms with Gasteiger partial charge in [-0.1, -0.05) is 30.3 Å². The van der Waals surface area contributed by atoms with Crippen molar-refractivity contribution in [2.45, 2.75) is 13.8 Å². The topological polar surface area (TPSA) is 46.1 Å². The highest BCUT2D eigenvalue weighted by molar-refractivity contribution is 5.99. The maximum absolute atomic E-state index is 12.4. The smallest absolute Gasteiger partial charge is 0.257 e. The van der Waals surface area contributed by atoms with E-state index >= 15 is 0 Å². The fourth-order valence-corrected chi connectivity index (χ4v) is 1.99. The van der Waals surface area contributed by atoms with Crippen LogP contribution in [0.4, 0.5) is 0 Å². The molecule has 1 heterocycles. The molecule has 0 fully saturated rings. The minimum atomic E-state index is -0.0237. The van der Waals surface area contributed by atoms with Crippen LogP contribution in [-0.2, 0) is 0 Å². The summed E-state index contributed by atoms with van der Waals surface area (Å²) < 4.78 is 0. The zero-order chi connectivity index (χ0) is 13.7. The lowest BCUT2D eigenvalue weighted by molar-refractivity contribution is 0.0773. The molecule has 0 spiro atoms. The number of hydrogen-bond donors (Lipinski definition) is 0. The first-order valence-corrected chi connectivity index (χ1v) is 6.42. The Morgan fingerprint density at radius 2 is 1.84 bits per heavy atom. The summed E-state index contributed by atoms with van der Waals surface area (Å²) in [4.78, 5) is 22.5. The van der Waals surface area contributed by atoms with Crippen LogP contribution in [0.5, 0.6) is 0 Å². The first kappa shape index (κ1) is 13.2. The van der Waals surface area contributed by atoms with E-state index in [1.807, 2.05) is 44.2 Å². The lowest BCUT2D eigenvalue weighted by Crippen LogP contribution is -2.31. The van der Waals surface area contributed by atoms with Crippen molar-refractivity contribution in [3.8, 4) is 11.3 Å². The molecule has 2 aromatic rings. The van der Waals surface area contributed by atoms with E-state index in [-0.39, 0.29) is 5.91 Å². The fourth-order valence-electron chi connectivity index (χ4n) is 1.99. The number of rotatable bonds is 4. The number of amides is 1. The molecule has 0 saturated carbocycles. The quantitative estimate of drug-likeness (QED) is 0.843. The van der Waals surface area contributed by atoms with Crippen molar-refractivity contribution in [3.05, 3.63) is 48.4 Å². The average Bonchev–Trinajstić information content (AvgIpc) is 2.49. The molecule has 1 aromatic carbocycles. The lowest BCUT2D eigenvalue weighted by atomic mass is 10.1. The first-order valence-electron chi connectivity index (χ1n) is 6.42. The Morgan fingerprint density at radius 1 is 1.16 bits per heavy atom. The Balaban J connectivity index is 2.45. The molecular weight excluding hydrogens is 238 g/mol. The molecule has 0 aliphatic carbocycles. The van der Waals surface area contributed by atoms with Crippen molar-refractivity contribution in [1.82, 2.24) is 14.9 Å². The number of aromatic nitrogens is 2. The minimum absolute atomic E-state index is 0.0237. The van der Waals surface area contributed by atoms with Gasteiger partial charge < -0.3 is 4.90 Å². The number of benzene rings is 1. The van der Waals surface area contributed by atoms with Gasteiger partial charge in [0.15, 0.2) is 0 Å². The standard InChI is InChI=1S/C15H17N3O/c1-3-18(4-2)15(19)13-10-16-11-17-14(13)12-8-6-5-7-9-12/h5-11H,3-4H2,1-2H3. The predicted molar refractivity (Wildman–Crippen MR) is 74.7 cm³/mol. The number of hydrogen-bond acceptors (Lipinski definition) is 3. The lowest BCUT2D eigenvalue weighted by Gasteiger charge is -2.19. The zero-order valence-electron chi connectivity index (χ0n) is 11.2. The summed E-state index contributed by atoms with van der Waals surface area (Å²) >= 11 is 0. The third kappa shape index (κ3) is 2.78. The van der Waals surface area contributed by atoms with Gasteiger partial charge in [-0.3, -0.25) is 4.79 Å². The Hall–Kier alpha value is -2.23. The summed E-state index contributed by atoms with van der Waals surface area (Å²) in [5.74, 6) is -0.0237. The molecule has 0 saturated heterocycles. The van der Waals surface area contributed by atoms with Gasteiger partial charge in [0, 0.05) is 24.8 Å². The van der Waals surface area contributed by atoms with Gasteiger partial charge in [0.2, 0.25) is 0 Å². The van der Waals surface area contributed by atoms with Crippen LogP contribution in [0.2, 0.25) is 0 Å². The number of carbonyl (C=O) groups excluding carboxylic acids is 1. The summed E-state index contributed by atoms with van der Waals surface area (Å²) in [6.45, 7) is 5.29. The van der Waals surface area contributed by atoms with Crippen LogP contribution in [0.25, 0.3) is 11.3 Å². The molecule has 98 valence electrons. The SMILES string of the molecule is CCN(CC)C(=O)c1cncnc1-c1ccccc1. The van der Waals surface area contributed by atoms with E-state index in [1.165, 1.54) is 6.33 Å². The molecule has 2 rings (SSSR count). The second kappa shape index (κ2) is 6.09. The van der Waals surface area contributed by atoms with Gasteiger partial charge in [0.05, 0.1) is 11.3 Å². The van der Waals surface area contributed by atoms with Crippen molar-refractivity contribution in [2.24, 2.45) is 0 Å². The third-order valence-electron chi connectivity index (χ3n) is 3.04. The van der Waals surface area contributed by atoms with Crippen LogP contribution in [0.1, 0.15) is 24.2 Å². The summed E-state index contributed by atoms with van der Waals surface area (Å²) in [7, 11) is 0. The van der Waals surface area contributed by atoms with Gasteiger partial charge in [-0.25, -0.2) is 9.97 Å². The average molecular weight is 255 g/mol. The Morgan fingerprint density at radius 3 is 2.47 bits per heavy atom. The molecule has 0 N–H and O–H groups in total. The molecule has 4 heteroatoms. The molecule has 0 aliphatic rings. The van der Waals surface area contributed by atoms with Crippen LogP contribution in [0.15, 0.2) is 42.9 Å². The van der Waals surface area contributed by atoms with Crippen LogP contribution in [0.3, 0.4) is 0 Å². The molecule has 0 unspecified atom stereocenters. The molecule has 1 aromatic heterocycles. The molecular formula is C15H17N3O. The molecule has 0 aliphatic heterocycles. The molecule has 0 atom stereocenters. The van der Waals surface area contributed by atoms with Gasteiger partial charge in [0.1, 0.15) is 6.33 Å². The van der Waals surface area contributed by atoms with Crippen LogP contribution in [0, 0.1) is 0 Å². The van der Waals surface area contributed by atoms with Crippen LogP contribution >= 0.6 is 0 Å². The Bertz CT molecular complexity index is 550. The summed E-state index contributed by atoms with van der Waals surface area (Å²) in [5.41, 5.74) is 2.17. The predicted octanol–water partition coefficient (Wildman–Crippen LogP) is 2.63. The van der Waals surface area contributed by atoms with E-state index in [2.05, 4.69) is 9.97 Å². The molecule has 19 heavy (non-hydrogen) atoms. The minimum Gasteiger partial charge on any atom is -0.339 e. The van der Waals surface area contributed by atoms with Gasteiger partial charge >= 0.3 is 0 Å². The van der Waals surface area contributed by atoms with Crippen molar-refractivity contribution in [1.29, 1.82) is 0 Å². The van der Waals surface area contributed by atoms with E-state index in [1.54, 1.807) is 11.1 Å². The van der Waals surface area contributed by atoms with Crippen molar-refractivity contribution in [3.63, 3.8) is 0 Å².